The molecular formula is C22H32N4O5. The van der Waals surface area contributed by atoms with E-state index in [4.69, 9.17) is 9.15 Å². The molecule has 2 N–H and O–H groups in total. The third kappa shape index (κ3) is 5.66. The van der Waals surface area contributed by atoms with Crippen molar-refractivity contribution < 1.29 is 23.5 Å². The van der Waals surface area contributed by atoms with E-state index >= 15 is 0 Å². The summed E-state index contributed by atoms with van der Waals surface area (Å²) >= 11 is 0. The molecule has 9 nitrogen and oxygen atoms in total. The summed E-state index contributed by atoms with van der Waals surface area (Å²) in [6.45, 7) is 10.8. The first-order chi connectivity index (χ1) is 14.8. The van der Waals surface area contributed by atoms with E-state index in [9.17, 15) is 14.4 Å². The molecule has 170 valence electrons. The lowest BCUT2D eigenvalue weighted by atomic mass is 9.99. The molecule has 1 fully saturated rings. The maximum atomic E-state index is 12.8. The van der Waals surface area contributed by atoms with Gasteiger partial charge in [-0.3, -0.25) is 9.69 Å². The van der Waals surface area contributed by atoms with Crippen molar-refractivity contribution in [1.29, 1.82) is 0 Å². The molecule has 1 saturated heterocycles. The Labute approximate surface area is 182 Å². The van der Waals surface area contributed by atoms with Crippen molar-refractivity contribution in [3.63, 3.8) is 0 Å². The number of furan rings is 1. The number of urea groups is 1. The van der Waals surface area contributed by atoms with E-state index in [1.165, 1.54) is 0 Å². The molecule has 0 aliphatic carbocycles. The van der Waals surface area contributed by atoms with Gasteiger partial charge in [0.05, 0.1) is 12.2 Å². The summed E-state index contributed by atoms with van der Waals surface area (Å²) in [5.41, 5.74) is 0.845. The fourth-order valence-electron chi connectivity index (χ4n) is 3.87. The Morgan fingerprint density at radius 1 is 1.23 bits per heavy atom. The van der Waals surface area contributed by atoms with Gasteiger partial charge in [-0.25, -0.2) is 9.59 Å². The molecule has 1 aromatic rings. The molecule has 2 aliphatic heterocycles. The second kappa shape index (κ2) is 10.00. The van der Waals surface area contributed by atoms with Crippen molar-refractivity contribution >= 4 is 17.9 Å². The lowest BCUT2D eigenvalue weighted by Gasteiger charge is -2.37. The molecule has 0 saturated carbocycles. The number of hydrogen-bond donors (Lipinski definition) is 2. The van der Waals surface area contributed by atoms with Gasteiger partial charge < -0.3 is 24.7 Å². The molecule has 0 bridgehead atoms. The van der Waals surface area contributed by atoms with E-state index in [1.807, 2.05) is 18.7 Å². The average molecular weight is 433 g/mol. The number of amides is 3. The van der Waals surface area contributed by atoms with E-state index in [-0.39, 0.29) is 12.5 Å². The Balaban J connectivity index is 1.78. The predicted molar refractivity (Wildman–Crippen MR) is 114 cm³/mol. The zero-order valence-corrected chi connectivity index (χ0v) is 18.7. The van der Waals surface area contributed by atoms with Crippen LogP contribution in [0.2, 0.25) is 0 Å². The fraction of sp³-hybridized carbons (Fsp3) is 0.591. The zero-order valence-electron chi connectivity index (χ0n) is 18.7. The number of hydrogen-bond acceptors (Lipinski definition) is 6. The average Bonchev–Trinajstić information content (AvgIpc) is 3.14. The van der Waals surface area contributed by atoms with Crippen LogP contribution in [0.3, 0.4) is 0 Å². The molecule has 1 atom stereocenters. The first kappa shape index (κ1) is 22.9. The highest BCUT2D eigenvalue weighted by Gasteiger charge is 2.36. The first-order valence-electron chi connectivity index (χ1n) is 10.8. The summed E-state index contributed by atoms with van der Waals surface area (Å²) in [4.78, 5) is 41.5. The minimum absolute atomic E-state index is 0.171. The second-order valence-electron chi connectivity index (χ2n) is 8.35. The van der Waals surface area contributed by atoms with Gasteiger partial charge in [0, 0.05) is 44.8 Å². The van der Waals surface area contributed by atoms with Gasteiger partial charge in [0.25, 0.3) is 0 Å². The largest absolute Gasteiger partial charge is 0.464 e. The van der Waals surface area contributed by atoms with Crippen molar-refractivity contribution in [2.24, 2.45) is 5.92 Å². The van der Waals surface area contributed by atoms with Gasteiger partial charge in [-0.05, 0) is 31.9 Å². The molecule has 1 aromatic heterocycles. The van der Waals surface area contributed by atoms with Crippen LogP contribution < -0.4 is 10.6 Å². The summed E-state index contributed by atoms with van der Waals surface area (Å²) in [7, 11) is 0. The van der Waals surface area contributed by atoms with Gasteiger partial charge in [0.15, 0.2) is 0 Å². The van der Waals surface area contributed by atoms with Crippen LogP contribution in [-0.2, 0) is 14.3 Å². The molecule has 0 aromatic carbocycles. The SMILES string of the molecule is CCOC(=O)C1=C(CN2CCN(C(=O)CC(C)C)CC2)NC(=O)N[C@H]1c1ccc(C)o1. The zero-order chi connectivity index (χ0) is 22.5. The van der Waals surface area contributed by atoms with Crippen LogP contribution in [0.25, 0.3) is 0 Å². The summed E-state index contributed by atoms with van der Waals surface area (Å²) in [5, 5.41) is 5.55. The molecule has 2 aliphatic rings. The fourth-order valence-corrected chi connectivity index (χ4v) is 3.87. The van der Waals surface area contributed by atoms with Crippen molar-refractivity contribution in [2.45, 2.75) is 40.2 Å². The number of carbonyl (C=O) groups is 3. The number of ether oxygens (including phenoxy) is 1. The lowest BCUT2D eigenvalue weighted by molar-refractivity contribution is -0.139. The molecule has 3 amide bonds. The maximum absolute atomic E-state index is 12.8. The van der Waals surface area contributed by atoms with Gasteiger partial charge in [0.1, 0.15) is 17.6 Å². The lowest BCUT2D eigenvalue weighted by Crippen LogP contribution is -2.52. The van der Waals surface area contributed by atoms with Crippen molar-refractivity contribution in [2.75, 3.05) is 39.3 Å². The highest BCUT2D eigenvalue weighted by atomic mass is 16.5. The van der Waals surface area contributed by atoms with Crippen molar-refractivity contribution in [3.8, 4) is 0 Å². The molecular weight excluding hydrogens is 400 g/mol. The van der Waals surface area contributed by atoms with Gasteiger partial charge in [-0.15, -0.1) is 0 Å². The Hall–Kier alpha value is -2.81. The normalized spacial score (nSPS) is 20.0. The monoisotopic (exact) mass is 432 g/mol. The molecule has 0 spiro atoms. The molecule has 0 radical (unpaired) electrons. The summed E-state index contributed by atoms with van der Waals surface area (Å²) in [6.07, 6.45) is 0.546. The highest BCUT2D eigenvalue weighted by molar-refractivity contribution is 5.95. The van der Waals surface area contributed by atoms with Crippen LogP contribution in [0, 0.1) is 12.8 Å². The van der Waals surface area contributed by atoms with E-state index in [1.54, 1.807) is 26.0 Å². The number of esters is 1. The third-order valence-electron chi connectivity index (χ3n) is 5.38. The van der Waals surface area contributed by atoms with Crippen LogP contribution in [0.4, 0.5) is 4.79 Å². The van der Waals surface area contributed by atoms with Crippen LogP contribution >= 0.6 is 0 Å². The number of nitrogens with one attached hydrogen (secondary N) is 2. The van der Waals surface area contributed by atoms with Gasteiger partial charge in [-0.2, -0.15) is 0 Å². The molecule has 3 rings (SSSR count). The Kier molecular flexibility index (Phi) is 7.37. The number of piperazine rings is 1. The van der Waals surface area contributed by atoms with E-state index < -0.39 is 18.0 Å². The Bertz CT molecular complexity index is 852. The number of carbonyl (C=O) groups excluding carboxylic acids is 3. The first-order valence-corrected chi connectivity index (χ1v) is 10.8. The molecule has 0 unspecified atom stereocenters. The smallest absolute Gasteiger partial charge is 0.338 e. The van der Waals surface area contributed by atoms with Gasteiger partial charge >= 0.3 is 12.0 Å². The quantitative estimate of drug-likeness (QED) is 0.639. The topological polar surface area (TPSA) is 104 Å². The second-order valence-corrected chi connectivity index (χ2v) is 8.35. The van der Waals surface area contributed by atoms with Crippen molar-refractivity contribution in [1.82, 2.24) is 20.4 Å². The van der Waals surface area contributed by atoms with Gasteiger partial charge in [0.2, 0.25) is 5.91 Å². The number of nitrogens with zero attached hydrogens (tertiary/aromatic N) is 2. The summed E-state index contributed by atoms with van der Waals surface area (Å²) in [5.74, 6) is 1.18. The Morgan fingerprint density at radius 2 is 1.94 bits per heavy atom. The molecule has 9 heteroatoms. The van der Waals surface area contributed by atoms with E-state index in [2.05, 4.69) is 15.5 Å². The van der Waals surface area contributed by atoms with E-state index in [0.717, 1.165) is 0 Å². The van der Waals surface area contributed by atoms with Crippen LogP contribution in [0.5, 0.6) is 0 Å². The van der Waals surface area contributed by atoms with E-state index in [0.29, 0.717) is 67.9 Å². The Morgan fingerprint density at radius 3 is 2.52 bits per heavy atom. The summed E-state index contributed by atoms with van der Waals surface area (Å²) in [6, 6.07) is 2.43. The number of rotatable bonds is 7. The third-order valence-corrected chi connectivity index (χ3v) is 5.38. The van der Waals surface area contributed by atoms with Gasteiger partial charge in [-0.1, -0.05) is 13.8 Å². The predicted octanol–water partition coefficient (Wildman–Crippen LogP) is 1.95. The van der Waals surface area contributed by atoms with Crippen LogP contribution in [-0.4, -0.2) is 67.0 Å². The molecule has 31 heavy (non-hydrogen) atoms. The minimum atomic E-state index is -0.717. The maximum Gasteiger partial charge on any atom is 0.338 e. The van der Waals surface area contributed by atoms with Crippen LogP contribution in [0.1, 0.15) is 44.8 Å². The standard InChI is InChI=1S/C22H32N4O5/c1-5-30-21(28)19-16(23-22(29)24-20(19)17-7-6-15(4)31-17)13-25-8-10-26(11-9-25)18(27)12-14(2)3/h6-7,14,20H,5,8-13H2,1-4H3,(H2,23,24,29)/t20-/m0/s1. The highest BCUT2D eigenvalue weighted by Crippen LogP contribution is 2.29. The van der Waals surface area contributed by atoms with Crippen molar-refractivity contribution in [3.05, 3.63) is 34.9 Å². The number of aryl methyl sites for hydroxylation is 1. The molecule has 3 heterocycles. The van der Waals surface area contributed by atoms with Crippen LogP contribution in [0.15, 0.2) is 27.8 Å². The minimum Gasteiger partial charge on any atom is -0.464 e. The summed E-state index contributed by atoms with van der Waals surface area (Å²) < 4.78 is 11.0.